The minimum atomic E-state index is 0.0116. The summed E-state index contributed by atoms with van der Waals surface area (Å²) in [5, 5.41) is 5.23. The van der Waals surface area contributed by atoms with Gasteiger partial charge in [0.1, 0.15) is 0 Å². The molecule has 0 bridgehead atoms. The molecule has 0 saturated carbocycles. The fourth-order valence-electron chi connectivity index (χ4n) is 2.63. The number of nitrogens with zero attached hydrogens (tertiary/aromatic N) is 4. The van der Waals surface area contributed by atoms with E-state index in [4.69, 9.17) is 4.74 Å². The third-order valence-electron chi connectivity index (χ3n) is 3.80. The van der Waals surface area contributed by atoms with Crippen LogP contribution in [0.2, 0.25) is 0 Å². The van der Waals surface area contributed by atoms with Gasteiger partial charge in [-0.1, -0.05) is 0 Å². The molecule has 1 atom stereocenters. The standard InChI is InChI=1S/C15H20N4O2/c1-10(2)19-14-12(8-17-19)6-13(7-16-14)15(20)18-4-5-21-9-11(18)3/h6-8,10-11H,4-5,9H2,1-3H3/t11-/m0/s1. The molecule has 1 aliphatic heterocycles. The molecule has 0 spiro atoms. The second kappa shape index (κ2) is 5.44. The number of aromatic nitrogens is 3. The van der Waals surface area contributed by atoms with Crippen LogP contribution in [0, 0.1) is 0 Å². The zero-order valence-electron chi connectivity index (χ0n) is 12.6. The smallest absolute Gasteiger partial charge is 0.255 e. The SMILES string of the molecule is CC(C)n1ncc2cc(C(=O)N3CCOC[C@@H]3C)cnc21. The highest BCUT2D eigenvalue weighted by Gasteiger charge is 2.25. The van der Waals surface area contributed by atoms with Crippen LogP contribution in [0.1, 0.15) is 37.2 Å². The first kappa shape index (κ1) is 14.0. The van der Waals surface area contributed by atoms with E-state index in [1.807, 2.05) is 22.6 Å². The van der Waals surface area contributed by atoms with Gasteiger partial charge in [0.25, 0.3) is 5.91 Å². The first-order chi connectivity index (χ1) is 10.1. The van der Waals surface area contributed by atoms with Crippen LogP contribution in [-0.4, -0.2) is 51.4 Å². The number of pyridine rings is 1. The van der Waals surface area contributed by atoms with Crippen LogP contribution in [0.15, 0.2) is 18.5 Å². The molecule has 112 valence electrons. The van der Waals surface area contributed by atoms with Gasteiger partial charge in [0, 0.05) is 24.2 Å². The van der Waals surface area contributed by atoms with Gasteiger partial charge in [-0.3, -0.25) is 4.79 Å². The number of fused-ring (bicyclic) bond motifs is 1. The number of morpholine rings is 1. The van der Waals surface area contributed by atoms with Crippen molar-refractivity contribution in [3.8, 4) is 0 Å². The maximum atomic E-state index is 12.6. The largest absolute Gasteiger partial charge is 0.377 e. The summed E-state index contributed by atoms with van der Waals surface area (Å²) >= 11 is 0. The Morgan fingerprint density at radius 2 is 2.24 bits per heavy atom. The highest BCUT2D eigenvalue weighted by molar-refractivity contribution is 5.97. The summed E-state index contributed by atoms with van der Waals surface area (Å²) in [4.78, 5) is 18.9. The quantitative estimate of drug-likeness (QED) is 0.846. The van der Waals surface area contributed by atoms with Crippen LogP contribution in [0.4, 0.5) is 0 Å². The molecule has 21 heavy (non-hydrogen) atoms. The molecule has 3 rings (SSSR count). The zero-order chi connectivity index (χ0) is 15.0. The summed E-state index contributed by atoms with van der Waals surface area (Å²) in [5.74, 6) is 0.0116. The number of amides is 1. The molecule has 2 aromatic rings. The lowest BCUT2D eigenvalue weighted by Crippen LogP contribution is -2.47. The van der Waals surface area contributed by atoms with E-state index in [1.165, 1.54) is 0 Å². The molecule has 1 amide bonds. The summed E-state index contributed by atoms with van der Waals surface area (Å²) in [6.07, 6.45) is 3.41. The lowest BCUT2D eigenvalue weighted by atomic mass is 10.1. The highest BCUT2D eigenvalue weighted by atomic mass is 16.5. The fourth-order valence-corrected chi connectivity index (χ4v) is 2.63. The van der Waals surface area contributed by atoms with Crippen LogP contribution in [0.5, 0.6) is 0 Å². The molecule has 1 fully saturated rings. The normalized spacial score (nSPS) is 19.4. The van der Waals surface area contributed by atoms with Gasteiger partial charge in [0.15, 0.2) is 5.65 Å². The van der Waals surface area contributed by atoms with Gasteiger partial charge in [-0.2, -0.15) is 5.10 Å². The maximum Gasteiger partial charge on any atom is 0.255 e. The van der Waals surface area contributed by atoms with Gasteiger partial charge in [0.05, 0.1) is 31.0 Å². The minimum Gasteiger partial charge on any atom is -0.377 e. The Hall–Kier alpha value is -1.95. The van der Waals surface area contributed by atoms with Gasteiger partial charge in [-0.15, -0.1) is 0 Å². The van der Waals surface area contributed by atoms with E-state index in [9.17, 15) is 4.79 Å². The summed E-state index contributed by atoms with van der Waals surface area (Å²) < 4.78 is 7.24. The number of rotatable bonds is 2. The molecule has 3 heterocycles. The Labute approximate surface area is 123 Å². The van der Waals surface area contributed by atoms with Crippen molar-refractivity contribution < 1.29 is 9.53 Å². The predicted molar refractivity (Wildman–Crippen MR) is 79.2 cm³/mol. The van der Waals surface area contributed by atoms with Crippen LogP contribution >= 0.6 is 0 Å². The third-order valence-corrected chi connectivity index (χ3v) is 3.80. The Morgan fingerprint density at radius 1 is 1.43 bits per heavy atom. The molecule has 1 aliphatic rings. The number of hydrogen-bond acceptors (Lipinski definition) is 4. The van der Waals surface area contributed by atoms with Crippen molar-refractivity contribution in [2.75, 3.05) is 19.8 Å². The molecule has 0 aromatic carbocycles. The van der Waals surface area contributed by atoms with E-state index in [0.717, 1.165) is 11.0 Å². The minimum absolute atomic E-state index is 0.0116. The van der Waals surface area contributed by atoms with Crippen molar-refractivity contribution in [1.29, 1.82) is 0 Å². The number of carbonyl (C=O) groups is 1. The number of hydrogen-bond donors (Lipinski definition) is 0. The average Bonchev–Trinajstić information content (AvgIpc) is 2.90. The van der Waals surface area contributed by atoms with Crippen molar-refractivity contribution in [3.05, 3.63) is 24.0 Å². The third kappa shape index (κ3) is 2.51. The first-order valence-electron chi connectivity index (χ1n) is 7.30. The number of ether oxygens (including phenoxy) is 1. The second-order valence-electron chi connectivity index (χ2n) is 5.74. The highest BCUT2D eigenvalue weighted by Crippen LogP contribution is 2.19. The molecule has 0 N–H and O–H groups in total. The van der Waals surface area contributed by atoms with Crippen molar-refractivity contribution in [2.24, 2.45) is 0 Å². The second-order valence-corrected chi connectivity index (χ2v) is 5.74. The molecular weight excluding hydrogens is 268 g/mol. The fraction of sp³-hybridized carbons (Fsp3) is 0.533. The molecular formula is C15H20N4O2. The molecule has 0 radical (unpaired) electrons. The van der Waals surface area contributed by atoms with Gasteiger partial charge in [-0.25, -0.2) is 9.67 Å². The van der Waals surface area contributed by atoms with Crippen LogP contribution in [0.3, 0.4) is 0 Å². The lowest BCUT2D eigenvalue weighted by molar-refractivity contribution is 0.00358. The van der Waals surface area contributed by atoms with Gasteiger partial charge >= 0.3 is 0 Å². The van der Waals surface area contributed by atoms with Crippen molar-refractivity contribution in [1.82, 2.24) is 19.7 Å². The Bertz CT molecular complexity index is 665. The predicted octanol–water partition coefficient (Wildman–Crippen LogP) is 1.87. The number of carbonyl (C=O) groups excluding carboxylic acids is 1. The van der Waals surface area contributed by atoms with E-state index >= 15 is 0 Å². The monoisotopic (exact) mass is 288 g/mol. The summed E-state index contributed by atoms with van der Waals surface area (Å²) in [5.41, 5.74) is 1.43. The van der Waals surface area contributed by atoms with Gasteiger partial charge in [0.2, 0.25) is 0 Å². The molecule has 6 nitrogen and oxygen atoms in total. The van der Waals surface area contributed by atoms with Crippen LogP contribution in [0.25, 0.3) is 11.0 Å². The van der Waals surface area contributed by atoms with E-state index in [2.05, 4.69) is 23.9 Å². The summed E-state index contributed by atoms with van der Waals surface area (Å²) in [6, 6.07) is 2.22. The van der Waals surface area contributed by atoms with Crippen molar-refractivity contribution in [3.63, 3.8) is 0 Å². The van der Waals surface area contributed by atoms with E-state index in [0.29, 0.717) is 25.3 Å². The van der Waals surface area contributed by atoms with E-state index in [1.54, 1.807) is 12.4 Å². The first-order valence-corrected chi connectivity index (χ1v) is 7.30. The molecule has 1 saturated heterocycles. The molecule has 6 heteroatoms. The Morgan fingerprint density at radius 3 is 2.95 bits per heavy atom. The summed E-state index contributed by atoms with van der Waals surface area (Å²) in [6.45, 7) is 7.93. The van der Waals surface area contributed by atoms with Crippen LogP contribution < -0.4 is 0 Å². The van der Waals surface area contributed by atoms with E-state index in [-0.39, 0.29) is 18.0 Å². The zero-order valence-corrected chi connectivity index (χ0v) is 12.6. The summed E-state index contributed by atoms with van der Waals surface area (Å²) in [7, 11) is 0. The Balaban J connectivity index is 1.92. The van der Waals surface area contributed by atoms with Gasteiger partial charge < -0.3 is 9.64 Å². The molecule has 0 unspecified atom stereocenters. The van der Waals surface area contributed by atoms with Crippen molar-refractivity contribution in [2.45, 2.75) is 32.9 Å². The lowest BCUT2D eigenvalue weighted by Gasteiger charge is -2.33. The topological polar surface area (TPSA) is 60.2 Å². The Kier molecular flexibility index (Phi) is 3.63. The maximum absolute atomic E-state index is 12.6. The average molecular weight is 288 g/mol. The van der Waals surface area contributed by atoms with E-state index < -0.39 is 0 Å². The van der Waals surface area contributed by atoms with Gasteiger partial charge in [-0.05, 0) is 26.8 Å². The molecule has 2 aromatic heterocycles. The van der Waals surface area contributed by atoms with Crippen molar-refractivity contribution >= 4 is 16.9 Å². The van der Waals surface area contributed by atoms with Crippen LogP contribution in [-0.2, 0) is 4.74 Å². The molecule has 0 aliphatic carbocycles.